The summed E-state index contributed by atoms with van der Waals surface area (Å²) in [7, 11) is 0. The highest BCUT2D eigenvalue weighted by atomic mass is 16.5. The molecule has 7 nitrogen and oxygen atoms in total. The van der Waals surface area contributed by atoms with E-state index >= 15 is 0 Å². The van der Waals surface area contributed by atoms with Crippen LogP contribution in [0.1, 0.15) is 28.4 Å². The first-order valence-electron chi connectivity index (χ1n) is 7.48. The molecule has 4 heterocycles. The van der Waals surface area contributed by atoms with Crippen LogP contribution in [0.15, 0.2) is 18.5 Å². The lowest BCUT2D eigenvalue weighted by Gasteiger charge is -2.40. The van der Waals surface area contributed by atoms with E-state index in [0.29, 0.717) is 24.3 Å². The average Bonchev–Trinajstić information content (AvgIpc) is 3.01. The molecule has 0 unspecified atom stereocenters. The number of hydrogen-bond acceptors (Lipinski definition) is 6. The van der Waals surface area contributed by atoms with Gasteiger partial charge in [0.05, 0.1) is 42.3 Å². The first kappa shape index (κ1) is 13.7. The van der Waals surface area contributed by atoms with Gasteiger partial charge in [-0.3, -0.25) is 4.68 Å². The minimum Gasteiger partial charge on any atom is -0.376 e. The Morgan fingerprint density at radius 3 is 2.87 bits per heavy atom. The van der Waals surface area contributed by atoms with Crippen molar-refractivity contribution >= 4 is 5.82 Å². The highest BCUT2D eigenvalue weighted by molar-refractivity contribution is 5.58. The van der Waals surface area contributed by atoms with Gasteiger partial charge in [0.15, 0.2) is 0 Å². The van der Waals surface area contributed by atoms with Crippen molar-refractivity contribution in [1.29, 1.82) is 10.5 Å². The molecule has 0 aromatic carbocycles. The van der Waals surface area contributed by atoms with Gasteiger partial charge in [-0.05, 0) is 6.07 Å². The van der Waals surface area contributed by atoms with E-state index in [1.165, 1.54) is 0 Å². The molecule has 2 aliphatic heterocycles. The lowest BCUT2D eigenvalue weighted by molar-refractivity contribution is 0.109. The Bertz CT molecular complexity index is 837. The van der Waals surface area contributed by atoms with Gasteiger partial charge in [0.25, 0.3) is 0 Å². The van der Waals surface area contributed by atoms with Crippen LogP contribution in [0.5, 0.6) is 0 Å². The largest absolute Gasteiger partial charge is 0.376 e. The van der Waals surface area contributed by atoms with E-state index in [4.69, 9.17) is 15.0 Å². The third-order valence-electron chi connectivity index (χ3n) is 4.30. The molecule has 0 saturated carbocycles. The zero-order valence-electron chi connectivity index (χ0n) is 12.4. The van der Waals surface area contributed by atoms with Crippen molar-refractivity contribution in [3.05, 3.63) is 40.8 Å². The summed E-state index contributed by atoms with van der Waals surface area (Å²) in [6.45, 7) is 2.69. The molecule has 114 valence electrons. The molecule has 0 aliphatic carbocycles. The summed E-state index contributed by atoms with van der Waals surface area (Å²) < 4.78 is 7.24. The minimum atomic E-state index is 0.213. The second-order valence-corrected chi connectivity index (χ2v) is 5.76. The van der Waals surface area contributed by atoms with Gasteiger partial charge in [-0.1, -0.05) is 0 Å². The molecule has 1 fully saturated rings. The number of pyridine rings is 1. The van der Waals surface area contributed by atoms with Gasteiger partial charge in [0, 0.05) is 31.3 Å². The lowest BCUT2D eigenvalue weighted by Crippen LogP contribution is -2.48. The van der Waals surface area contributed by atoms with Crippen LogP contribution in [0.4, 0.5) is 5.82 Å². The third-order valence-corrected chi connectivity index (χ3v) is 4.30. The van der Waals surface area contributed by atoms with Gasteiger partial charge < -0.3 is 9.64 Å². The number of aromatic nitrogens is 3. The van der Waals surface area contributed by atoms with Crippen LogP contribution < -0.4 is 4.90 Å². The highest BCUT2D eigenvalue weighted by Crippen LogP contribution is 2.31. The van der Waals surface area contributed by atoms with E-state index in [0.717, 1.165) is 36.6 Å². The summed E-state index contributed by atoms with van der Waals surface area (Å²) in [6, 6.07) is 6.43. The van der Waals surface area contributed by atoms with Crippen LogP contribution in [0, 0.1) is 22.7 Å². The van der Waals surface area contributed by atoms with Crippen LogP contribution in [0.25, 0.3) is 0 Å². The molecule has 1 saturated heterocycles. The predicted octanol–water partition coefficient (Wildman–Crippen LogP) is 1.16. The lowest BCUT2D eigenvalue weighted by atomic mass is 10.0. The van der Waals surface area contributed by atoms with Gasteiger partial charge in [0.2, 0.25) is 0 Å². The SMILES string of the molecule is N#Cc1cnn(C2CN(c3nc4c(cc3C#N)COCC4)C2)c1. The van der Waals surface area contributed by atoms with Crippen molar-refractivity contribution in [2.45, 2.75) is 19.1 Å². The maximum atomic E-state index is 9.40. The molecular weight excluding hydrogens is 292 g/mol. The minimum absolute atomic E-state index is 0.213. The Balaban J connectivity index is 1.56. The molecule has 23 heavy (non-hydrogen) atoms. The Morgan fingerprint density at radius 1 is 1.26 bits per heavy atom. The zero-order valence-corrected chi connectivity index (χ0v) is 12.4. The van der Waals surface area contributed by atoms with Crippen LogP contribution in [-0.2, 0) is 17.8 Å². The fraction of sp³-hybridized carbons (Fsp3) is 0.375. The molecule has 0 N–H and O–H groups in total. The maximum absolute atomic E-state index is 9.40. The summed E-state index contributed by atoms with van der Waals surface area (Å²) in [5.74, 6) is 0.747. The van der Waals surface area contributed by atoms with Gasteiger partial charge >= 0.3 is 0 Å². The monoisotopic (exact) mass is 306 g/mol. The number of hydrogen-bond donors (Lipinski definition) is 0. The molecule has 2 aromatic rings. The van der Waals surface area contributed by atoms with Crippen LogP contribution >= 0.6 is 0 Å². The second kappa shape index (κ2) is 5.38. The number of nitriles is 2. The Hall–Kier alpha value is -2.90. The van der Waals surface area contributed by atoms with Crippen molar-refractivity contribution in [2.24, 2.45) is 0 Å². The number of rotatable bonds is 2. The molecule has 0 radical (unpaired) electrons. The standard InChI is InChI=1S/C16H14N6O/c17-4-11-6-19-22(7-11)14-8-21(9-14)16-12(5-18)3-13-10-23-2-1-15(13)20-16/h3,6-7,14H,1-2,8-10H2. The first-order chi connectivity index (χ1) is 11.3. The summed E-state index contributed by atoms with van der Waals surface area (Å²) >= 11 is 0. The molecule has 0 atom stereocenters. The first-order valence-corrected chi connectivity index (χ1v) is 7.48. The molecule has 0 amide bonds. The summed E-state index contributed by atoms with van der Waals surface area (Å²) in [4.78, 5) is 6.79. The third kappa shape index (κ3) is 2.32. The number of nitrogens with zero attached hydrogens (tertiary/aromatic N) is 6. The maximum Gasteiger partial charge on any atom is 0.146 e. The van der Waals surface area contributed by atoms with E-state index in [9.17, 15) is 5.26 Å². The molecule has 7 heteroatoms. The van der Waals surface area contributed by atoms with Crippen LogP contribution in [0.2, 0.25) is 0 Å². The quantitative estimate of drug-likeness (QED) is 0.826. The van der Waals surface area contributed by atoms with E-state index < -0.39 is 0 Å². The van der Waals surface area contributed by atoms with E-state index in [1.807, 2.05) is 10.7 Å². The van der Waals surface area contributed by atoms with Gasteiger partial charge in [-0.2, -0.15) is 15.6 Å². The van der Waals surface area contributed by atoms with E-state index in [-0.39, 0.29) is 6.04 Å². The fourth-order valence-electron chi connectivity index (χ4n) is 2.99. The van der Waals surface area contributed by atoms with Crippen LogP contribution in [-0.4, -0.2) is 34.5 Å². The van der Waals surface area contributed by atoms with Crippen molar-refractivity contribution in [3.63, 3.8) is 0 Å². The fourth-order valence-corrected chi connectivity index (χ4v) is 2.99. The molecular formula is C16H14N6O. The molecule has 4 rings (SSSR count). The molecule has 0 spiro atoms. The summed E-state index contributed by atoms with van der Waals surface area (Å²) in [5.41, 5.74) is 3.19. The second-order valence-electron chi connectivity index (χ2n) is 5.76. The Kier molecular flexibility index (Phi) is 3.22. The van der Waals surface area contributed by atoms with Gasteiger partial charge in [-0.15, -0.1) is 0 Å². The number of fused-ring (bicyclic) bond motifs is 1. The van der Waals surface area contributed by atoms with Crippen molar-refractivity contribution in [1.82, 2.24) is 14.8 Å². The molecule has 2 aromatic heterocycles. The normalized spacial score (nSPS) is 17.0. The Labute approximate surface area is 133 Å². The van der Waals surface area contributed by atoms with E-state index in [1.54, 1.807) is 12.4 Å². The topological polar surface area (TPSA) is 90.8 Å². The zero-order chi connectivity index (χ0) is 15.8. The number of ether oxygens (including phenoxy) is 1. The van der Waals surface area contributed by atoms with Gasteiger partial charge in [-0.25, -0.2) is 4.98 Å². The highest BCUT2D eigenvalue weighted by Gasteiger charge is 2.32. The van der Waals surface area contributed by atoms with Crippen molar-refractivity contribution in [2.75, 3.05) is 24.6 Å². The molecule has 0 bridgehead atoms. The van der Waals surface area contributed by atoms with Crippen molar-refractivity contribution in [3.8, 4) is 12.1 Å². The van der Waals surface area contributed by atoms with Crippen LogP contribution in [0.3, 0.4) is 0 Å². The summed E-state index contributed by atoms with van der Waals surface area (Å²) in [5, 5.41) is 22.5. The van der Waals surface area contributed by atoms with E-state index in [2.05, 4.69) is 22.1 Å². The molecule has 2 aliphatic rings. The predicted molar refractivity (Wildman–Crippen MR) is 80.5 cm³/mol. The average molecular weight is 306 g/mol. The Morgan fingerprint density at radius 2 is 2.13 bits per heavy atom. The number of anilines is 1. The van der Waals surface area contributed by atoms with Gasteiger partial charge in [0.1, 0.15) is 18.0 Å². The smallest absolute Gasteiger partial charge is 0.146 e. The van der Waals surface area contributed by atoms with Crippen molar-refractivity contribution < 1.29 is 4.74 Å². The summed E-state index contributed by atoms with van der Waals surface area (Å²) in [6.07, 6.45) is 4.11.